The summed E-state index contributed by atoms with van der Waals surface area (Å²) < 4.78 is 75.8. The third-order valence-electron chi connectivity index (χ3n) is 5.88. The molecule has 2 saturated heterocycles. The summed E-state index contributed by atoms with van der Waals surface area (Å²) in [5.74, 6) is -5.51. The molecule has 8 nitrogen and oxygen atoms in total. The van der Waals surface area contributed by atoms with Gasteiger partial charge in [0.25, 0.3) is 0 Å². The molecule has 2 aromatic heterocycles. The van der Waals surface area contributed by atoms with Crippen LogP contribution in [0.25, 0.3) is 0 Å². The monoisotopic (exact) mass is 586 g/mol. The highest BCUT2D eigenvalue weighted by atomic mass is 32.1. The van der Waals surface area contributed by atoms with E-state index in [2.05, 4.69) is 27.4 Å². The Morgan fingerprint density at radius 2 is 1.77 bits per heavy atom. The molecule has 2 aromatic rings. The molecule has 4 heterocycles. The minimum absolute atomic E-state index is 0.128. The number of thiophene rings is 1. The summed E-state index contributed by atoms with van der Waals surface area (Å²) in [5, 5.41) is 16.4. The van der Waals surface area contributed by atoms with Crippen LogP contribution in [0.3, 0.4) is 0 Å². The molecule has 0 aliphatic carbocycles. The number of halogens is 6. The van der Waals surface area contributed by atoms with Gasteiger partial charge in [-0.25, -0.2) is 9.59 Å². The van der Waals surface area contributed by atoms with Crippen molar-refractivity contribution in [3.8, 4) is 0 Å². The average Bonchev–Trinajstić information content (AvgIpc) is 3.37. The van der Waals surface area contributed by atoms with E-state index in [0.717, 1.165) is 51.4 Å². The predicted octanol–water partition coefficient (Wildman–Crippen LogP) is 5.00. The van der Waals surface area contributed by atoms with E-state index >= 15 is 0 Å². The Labute approximate surface area is 224 Å². The number of rotatable bonds is 6. The van der Waals surface area contributed by atoms with E-state index in [1.807, 2.05) is 35.7 Å². The maximum absolute atomic E-state index is 10.6. The van der Waals surface area contributed by atoms with Crippen molar-refractivity contribution in [3.05, 3.63) is 52.5 Å². The van der Waals surface area contributed by atoms with Crippen molar-refractivity contribution in [2.24, 2.45) is 5.41 Å². The van der Waals surface area contributed by atoms with Gasteiger partial charge in [-0.15, -0.1) is 11.3 Å². The van der Waals surface area contributed by atoms with Gasteiger partial charge in [0.15, 0.2) is 0 Å². The molecule has 0 bridgehead atoms. The van der Waals surface area contributed by atoms with Crippen molar-refractivity contribution in [1.29, 1.82) is 0 Å². The number of ether oxygens (including phenoxy) is 2. The summed E-state index contributed by atoms with van der Waals surface area (Å²) in [6.07, 6.45) is -4.56. The number of nitrogens with zero attached hydrogens (tertiary/aromatic N) is 2. The minimum Gasteiger partial charge on any atom is -0.475 e. The fourth-order valence-electron chi connectivity index (χ4n) is 4.19. The van der Waals surface area contributed by atoms with Gasteiger partial charge in [0.2, 0.25) is 0 Å². The Morgan fingerprint density at radius 1 is 1.10 bits per heavy atom. The number of aromatic nitrogens is 1. The number of aliphatic carboxylic acids is 2. The van der Waals surface area contributed by atoms with Gasteiger partial charge >= 0.3 is 24.3 Å². The quantitative estimate of drug-likeness (QED) is 0.456. The van der Waals surface area contributed by atoms with Crippen LogP contribution >= 0.6 is 11.3 Å². The highest BCUT2D eigenvalue weighted by Gasteiger charge is 2.46. The SMILES string of the molecule is O=C(O)C(F)(F)F.O=C(O)C(F)(F)F.c1ccc(COCC23CCCOC2CCN(Cc2cccs2)C3)nc1. The molecule has 2 unspecified atom stereocenters. The number of carboxylic acid groups (broad SMARTS) is 2. The van der Waals surface area contributed by atoms with Crippen LogP contribution in [-0.2, 0) is 32.2 Å². The largest absolute Gasteiger partial charge is 0.490 e. The fraction of sp³-hybridized carbons (Fsp3) is 0.542. The Hall–Kier alpha value is -2.75. The summed E-state index contributed by atoms with van der Waals surface area (Å²) >= 11 is 1.85. The van der Waals surface area contributed by atoms with Gasteiger partial charge in [0, 0.05) is 42.7 Å². The number of alkyl halides is 6. The maximum Gasteiger partial charge on any atom is 0.490 e. The van der Waals surface area contributed by atoms with E-state index in [4.69, 9.17) is 29.3 Å². The highest BCUT2D eigenvalue weighted by Crippen LogP contribution is 2.41. The molecule has 2 N–H and O–H groups in total. The molecule has 2 atom stereocenters. The van der Waals surface area contributed by atoms with Crippen molar-refractivity contribution in [2.45, 2.75) is 50.9 Å². The number of pyridine rings is 1. The van der Waals surface area contributed by atoms with Gasteiger partial charge < -0.3 is 19.7 Å². The summed E-state index contributed by atoms with van der Waals surface area (Å²) in [4.78, 5) is 26.2. The Balaban J connectivity index is 0.000000317. The first-order valence-corrected chi connectivity index (χ1v) is 12.5. The van der Waals surface area contributed by atoms with E-state index in [1.54, 1.807) is 0 Å². The lowest BCUT2D eigenvalue weighted by Gasteiger charge is -2.50. The van der Waals surface area contributed by atoms with E-state index < -0.39 is 24.3 Å². The first kappa shape index (κ1) is 32.5. The van der Waals surface area contributed by atoms with Gasteiger partial charge in [-0.2, -0.15) is 26.3 Å². The zero-order chi connectivity index (χ0) is 29.1. The van der Waals surface area contributed by atoms with Gasteiger partial charge in [-0.1, -0.05) is 12.1 Å². The van der Waals surface area contributed by atoms with Gasteiger partial charge in [0.1, 0.15) is 0 Å². The summed E-state index contributed by atoms with van der Waals surface area (Å²) in [7, 11) is 0. The summed E-state index contributed by atoms with van der Waals surface area (Å²) in [6.45, 7) is 5.47. The topological polar surface area (TPSA) is 109 Å². The number of likely N-dealkylation sites (tertiary alicyclic amines) is 1. The molecule has 2 aliphatic rings. The van der Waals surface area contributed by atoms with Crippen LogP contribution in [0, 0.1) is 5.41 Å². The van der Waals surface area contributed by atoms with Crippen molar-refractivity contribution in [2.75, 3.05) is 26.3 Å². The van der Waals surface area contributed by atoms with E-state index in [-0.39, 0.29) is 5.41 Å². The predicted molar refractivity (Wildman–Crippen MR) is 127 cm³/mol. The lowest BCUT2D eigenvalue weighted by atomic mass is 9.73. The van der Waals surface area contributed by atoms with E-state index in [9.17, 15) is 26.3 Å². The van der Waals surface area contributed by atoms with Crippen molar-refractivity contribution in [1.82, 2.24) is 9.88 Å². The number of hydrogen-bond donors (Lipinski definition) is 2. The number of carboxylic acids is 2. The van der Waals surface area contributed by atoms with Gasteiger partial charge in [0.05, 0.1) is 25.0 Å². The molecule has 0 amide bonds. The Bertz CT molecular complexity index is 998. The molecular weight excluding hydrogens is 558 g/mol. The second-order valence-corrected chi connectivity index (χ2v) is 9.86. The zero-order valence-electron chi connectivity index (χ0n) is 20.6. The molecule has 15 heteroatoms. The van der Waals surface area contributed by atoms with Crippen LogP contribution in [0.15, 0.2) is 41.9 Å². The van der Waals surface area contributed by atoms with Crippen LogP contribution in [0.1, 0.15) is 29.8 Å². The molecule has 39 heavy (non-hydrogen) atoms. The molecule has 0 spiro atoms. The van der Waals surface area contributed by atoms with Crippen molar-refractivity contribution >= 4 is 23.3 Å². The molecule has 0 aromatic carbocycles. The van der Waals surface area contributed by atoms with Crippen LogP contribution in [0.4, 0.5) is 26.3 Å². The first-order valence-electron chi connectivity index (χ1n) is 11.7. The fourth-order valence-corrected chi connectivity index (χ4v) is 4.94. The highest BCUT2D eigenvalue weighted by molar-refractivity contribution is 7.09. The average molecular weight is 587 g/mol. The lowest BCUT2D eigenvalue weighted by molar-refractivity contribution is -0.193. The van der Waals surface area contributed by atoms with Crippen LogP contribution in [0.5, 0.6) is 0 Å². The molecule has 2 aliphatic heterocycles. The normalized spacial score (nSPS) is 21.4. The summed E-state index contributed by atoms with van der Waals surface area (Å²) in [5.41, 5.74) is 1.13. The molecule has 0 radical (unpaired) electrons. The number of piperidine rings is 1. The standard InChI is InChI=1S/C20H26N2O2S.2C2HF3O2/c1-2-9-21-17(5-1)14-23-16-20-8-4-11-24-19(20)7-10-22(15-20)13-18-6-3-12-25-18;2*3-2(4,5)1(6)7/h1-3,5-6,9,12,19H,4,7-8,10-11,13-16H2;2*(H,6,7). The third-order valence-corrected chi connectivity index (χ3v) is 6.74. The number of fused-ring (bicyclic) bond motifs is 1. The molecule has 0 saturated carbocycles. The smallest absolute Gasteiger partial charge is 0.475 e. The molecule has 4 rings (SSSR count). The van der Waals surface area contributed by atoms with E-state index in [0.29, 0.717) is 12.7 Å². The number of hydrogen-bond acceptors (Lipinski definition) is 7. The second-order valence-electron chi connectivity index (χ2n) is 8.82. The molecule has 218 valence electrons. The maximum atomic E-state index is 10.6. The van der Waals surface area contributed by atoms with Crippen LogP contribution in [-0.4, -0.2) is 76.8 Å². The number of carbonyl (C=O) groups is 2. The lowest BCUT2D eigenvalue weighted by Crippen LogP contribution is -2.56. The van der Waals surface area contributed by atoms with Crippen LogP contribution in [0.2, 0.25) is 0 Å². The Kier molecular flexibility index (Phi) is 12.1. The first-order chi connectivity index (χ1) is 18.2. The van der Waals surface area contributed by atoms with Gasteiger partial charge in [-0.3, -0.25) is 9.88 Å². The molecular formula is C24H28F6N2O6S. The second kappa shape index (κ2) is 14.6. The van der Waals surface area contributed by atoms with Crippen molar-refractivity contribution in [3.63, 3.8) is 0 Å². The van der Waals surface area contributed by atoms with Crippen LogP contribution < -0.4 is 0 Å². The van der Waals surface area contributed by atoms with E-state index in [1.165, 1.54) is 11.3 Å². The minimum atomic E-state index is -5.08. The van der Waals surface area contributed by atoms with Gasteiger partial charge in [-0.05, 0) is 42.8 Å². The Morgan fingerprint density at radius 3 is 2.31 bits per heavy atom. The van der Waals surface area contributed by atoms with Crippen molar-refractivity contribution < 1.29 is 55.6 Å². The zero-order valence-corrected chi connectivity index (χ0v) is 21.4. The third kappa shape index (κ3) is 11.1. The molecule has 2 fully saturated rings. The summed E-state index contributed by atoms with van der Waals surface area (Å²) in [6, 6.07) is 10.4.